The Bertz CT molecular complexity index is 929. The van der Waals surface area contributed by atoms with Crippen LogP contribution in [0.4, 0.5) is 0 Å². The second-order valence-electron chi connectivity index (χ2n) is 5.38. The minimum absolute atomic E-state index is 0.0516. The molecule has 0 N–H and O–H groups in total. The van der Waals surface area contributed by atoms with E-state index in [9.17, 15) is 4.79 Å². The molecule has 0 aliphatic heterocycles. The van der Waals surface area contributed by atoms with Gasteiger partial charge in [0.25, 0.3) is 0 Å². The molecule has 1 heterocycles. The molecule has 126 valence electrons. The number of ketones is 1. The van der Waals surface area contributed by atoms with E-state index < -0.39 is 0 Å². The number of hydrogen-bond donors (Lipinski definition) is 0. The average molecular weight is 414 g/mol. The van der Waals surface area contributed by atoms with Gasteiger partial charge in [-0.25, -0.2) is 4.98 Å². The van der Waals surface area contributed by atoms with Crippen molar-refractivity contribution in [2.75, 3.05) is 7.11 Å². The predicted octanol–water partition coefficient (Wildman–Crippen LogP) is 5.79. The number of carbonyl (C=O) groups excluding carboxylic acids is 1. The highest BCUT2D eigenvalue weighted by atomic mass is 79.9. The van der Waals surface area contributed by atoms with Gasteiger partial charge in [-0.2, -0.15) is 0 Å². The van der Waals surface area contributed by atoms with E-state index in [1.54, 1.807) is 19.3 Å². The fourth-order valence-electron chi connectivity index (χ4n) is 2.39. The number of para-hydroxylation sites is 1. The second-order valence-corrected chi connectivity index (χ2v) is 7.29. The van der Waals surface area contributed by atoms with Gasteiger partial charge >= 0.3 is 0 Å². The quantitative estimate of drug-likeness (QED) is 0.392. The Balaban J connectivity index is 1.85. The van der Waals surface area contributed by atoms with Crippen molar-refractivity contribution >= 4 is 39.1 Å². The summed E-state index contributed by atoms with van der Waals surface area (Å²) in [5.74, 6) is 0.687. The van der Waals surface area contributed by atoms with Crippen molar-refractivity contribution in [1.82, 2.24) is 4.98 Å². The van der Waals surface area contributed by atoms with Crippen LogP contribution >= 0.6 is 27.3 Å². The highest BCUT2D eigenvalue weighted by Crippen LogP contribution is 2.29. The molecule has 0 atom stereocenters. The van der Waals surface area contributed by atoms with E-state index in [1.165, 1.54) is 11.3 Å². The summed E-state index contributed by atoms with van der Waals surface area (Å²) in [6.07, 6.45) is 3.35. The summed E-state index contributed by atoms with van der Waals surface area (Å²) in [5, 5.41) is 0.846. The zero-order chi connectivity index (χ0) is 17.8. The Kier molecular flexibility index (Phi) is 5.46. The summed E-state index contributed by atoms with van der Waals surface area (Å²) < 4.78 is 6.32. The van der Waals surface area contributed by atoms with E-state index in [0.29, 0.717) is 4.88 Å². The number of carbonyl (C=O) groups is 1. The van der Waals surface area contributed by atoms with E-state index in [4.69, 9.17) is 4.74 Å². The third-order valence-corrected chi connectivity index (χ3v) is 5.41. The van der Waals surface area contributed by atoms with Gasteiger partial charge in [-0.3, -0.25) is 4.79 Å². The number of nitrogens with zero attached hydrogens (tertiary/aromatic N) is 1. The highest BCUT2D eigenvalue weighted by molar-refractivity contribution is 9.10. The number of thiazole rings is 1. The monoisotopic (exact) mass is 413 g/mol. The Morgan fingerprint density at radius 1 is 1.16 bits per heavy atom. The van der Waals surface area contributed by atoms with Crippen molar-refractivity contribution in [2.24, 2.45) is 0 Å². The zero-order valence-electron chi connectivity index (χ0n) is 13.8. The van der Waals surface area contributed by atoms with Crippen LogP contribution < -0.4 is 4.74 Å². The first-order valence-corrected chi connectivity index (χ1v) is 9.28. The molecule has 0 aliphatic rings. The molecule has 0 spiro atoms. The summed E-state index contributed by atoms with van der Waals surface area (Å²) in [4.78, 5) is 17.8. The third kappa shape index (κ3) is 4.06. The van der Waals surface area contributed by atoms with Gasteiger partial charge < -0.3 is 4.74 Å². The lowest BCUT2D eigenvalue weighted by molar-refractivity contribution is 0.105. The fourth-order valence-corrected chi connectivity index (χ4v) is 3.64. The van der Waals surface area contributed by atoms with Gasteiger partial charge in [-0.15, -0.1) is 11.3 Å². The first kappa shape index (κ1) is 17.6. The summed E-state index contributed by atoms with van der Waals surface area (Å²) in [7, 11) is 1.62. The maximum Gasteiger partial charge on any atom is 0.197 e. The molecule has 3 aromatic rings. The number of ether oxygens (including phenoxy) is 1. The van der Waals surface area contributed by atoms with Gasteiger partial charge in [0, 0.05) is 15.6 Å². The van der Waals surface area contributed by atoms with Gasteiger partial charge in [0.15, 0.2) is 5.78 Å². The zero-order valence-corrected chi connectivity index (χ0v) is 16.2. The minimum atomic E-state index is -0.0516. The van der Waals surface area contributed by atoms with Crippen molar-refractivity contribution in [2.45, 2.75) is 6.92 Å². The van der Waals surface area contributed by atoms with Gasteiger partial charge in [0.05, 0.1) is 17.7 Å². The molecule has 0 bridgehead atoms. The number of aryl methyl sites for hydroxylation is 1. The number of halogens is 1. The van der Waals surface area contributed by atoms with Crippen molar-refractivity contribution in [3.05, 3.63) is 75.2 Å². The van der Waals surface area contributed by atoms with Crippen LogP contribution in [-0.4, -0.2) is 17.9 Å². The number of hydrogen-bond acceptors (Lipinski definition) is 4. The lowest BCUT2D eigenvalue weighted by Crippen LogP contribution is -1.93. The third-order valence-electron chi connectivity index (χ3n) is 3.66. The maximum absolute atomic E-state index is 12.6. The summed E-state index contributed by atoms with van der Waals surface area (Å²) in [6, 6.07) is 15.5. The molecule has 25 heavy (non-hydrogen) atoms. The molecular formula is C20H16BrNO2S. The average Bonchev–Trinajstić information content (AvgIpc) is 3.02. The molecule has 3 rings (SSSR count). The van der Waals surface area contributed by atoms with Crippen LogP contribution in [-0.2, 0) is 0 Å². The van der Waals surface area contributed by atoms with Gasteiger partial charge in [0.2, 0.25) is 0 Å². The topological polar surface area (TPSA) is 39.2 Å². The standard InChI is InChI=1S/C20H16BrNO2S/c1-13-19(25-20(22-13)15-7-10-16(21)11-8-15)17(23)12-9-14-5-3-4-6-18(14)24-2/h3-12H,1-2H3/b12-9+. The van der Waals surface area contributed by atoms with Crippen molar-refractivity contribution in [1.29, 1.82) is 0 Å². The SMILES string of the molecule is COc1ccccc1/C=C/C(=O)c1sc(-c2ccc(Br)cc2)nc1C. The Morgan fingerprint density at radius 2 is 1.88 bits per heavy atom. The highest BCUT2D eigenvalue weighted by Gasteiger charge is 2.14. The van der Waals surface area contributed by atoms with E-state index in [0.717, 1.165) is 32.1 Å². The molecule has 0 fully saturated rings. The molecular weight excluding hydrogens is 398 g/mol. The lowest BCUT2D eigenvalue weighted by atomic mass is 10.1. The van der Waals surface area contributed by atoms with E-state index >= 15 is 0 Å². The molecule has 0 aliphatic carbocycles. The molecule has 0 saturated carbocycles. The Morgan fingerprint density at radius 3 is 2.60 bits per heavy atom. The first-order valence-electron chi connectivity index (χ1n) is 7.67. The van der Waals surface area contributed by atoms with E-state index in [2.05, 4.69) is 20.9 Å². The molecule has 0 saturated heterocycles. The molecule has 0 radical (unpaired) electrons. The van der Waals surface area contributed by atoms with Crippen LogP contribution in [0.1, 0.15) is 20.9 Å². The molecule has 3 nitrogen and oxygen atoms in total. The summed E-state index contributed by atoms with van der Waals surface area (Å²) >= 11 is 4.84. The number of allylic oxidation sites excluding steroid dienone is 1. The molecule has 0 unspecified atom stereocenters. The number of rotatable bonds is 5. The van der Waals surface area contributed by atoms with Crippen molar-refractivity contribution < 1.29 is 9.53 Å². The molecule has 1 aromatic heterocycles. The second kappa shape index (κ2) is 7.76. The summed E-state index contributed by atoms with van der Waals surface area (Å²) in [6.45, 7) is 1.86. The predicted molar refractivity (Wildman–Crippen MR) is 106 cm³/mol. The van der Waals surface area contributed by atoms with Gasteiger partial charge in [-0.1, -0.05) is 46.3 Å². The first-order chi connectivity index (χ1) is 12.1. The van der Waals surface area contributed by atoms with Crippen LogP contribution in [0.15, 0.2) is 59.1 Å². The van der Waals surface area contributed by atoms with Gasteiger partial charge in [0.1, 0.15) is 10.8 Å². The van der Waals surface area contributed by atoms with Crippen LogP contribution in [0.25, 0.3) is 16.6 Å². The number of aromatic nitrogens is 1. The van der Waals surface area contributed by atoms with Crippen LogP contribution in [0.5, 0.6) is 5.75 Å². The Hall–Kier alpha value is -2.24. The number of benzene rings is 2. The van der Waals surface area contributed by atoms with Crippen LogP contribution in [0.3, 0.4) is 0 Å². The van der Waals surface area contributed by atoms with Crippen LogP contribution in [0, 0.1) is 6.92 Å². The van der Waals surface area contributed by atoms with Crippen molar-refractivity contribution in [3.8, 4) is 16.3 Å². The minimum Gasteiger partial charge on any atom is -0.496 e. The molecule has 0 amide bonds. The normalized spacial score (nSPS) is 11.0. The summed E-state index contributed by atoms with van der Waals surface area (Å²) in [5.41, 5.74) is 2.62. The van der Waals surface area contributed by atoms with E-state index in [1.807, 2.05) is 55.5 Å². The number of methoxy groups -OCH3 is 1. The van der Waals surface area contributed by atoms with Gasteiger partial charge in [-0.05, 0) is 37.3 Å². The Labute approximate surface area is 159 Å². The van der Waals surface area contributed by atoms with E-state index in [-0.39, 0.29) is 5.78 Å². The van der Waals surface area contributed by atoms with Crippen molar-refractivity contribution in [3.63, 3.8) is 0 Å². The molecule has 2 aromatic carbocycles. The lowest BCUT2D eigenvalue weighted by Gasteiger charge is -2.02. The van der Waals surface area contributed by atoms with Crippen LogP contribution in [0.2, 0.25) is 0 Å². The fraction of sp³-hybridized carbons (Fsp3) is 0.100. The molecule has 5 heteroatoms. The largest absolute Gasteiger partial charge is 0.496 e. The smallest absolute Gasteiger partial charge is 0.197 e. The maximum atomic E-state index is 12.6.